The van der Waals surface area contributed by atoms with Gasteiger partial charge in [-0.25, -0.2) is 12.8 Å². The van der Waals surface area contributed by atoms with Crippen LogP contribution in [0.2, 0.25) is 0 Å². The Morgan fingerprint density at radius 2 is 2.06 bits per heavy atom. The minimum atomic E-state index is -3.75. The Balaban J connectivity index is 3.17. The summed E-state index contributed by atoms with van der Waals surface area (Å²) in [7, 11) is -2.26. The Hall–Kier alpha value is -1.14. The highest BCUT2D eigenvalue weighted by molar-refractivity contribution is 7.89. The van der Waals surface area contributed by atoms with Gasteiger partial charge in [-0.05, 0) is 25.5 Å². The van der Waals surface area contributed by atoms with Crippen LogP contribution in [0.25, 0.3) is 0 Å². The number of anilines is 1. The van der Waals surface area contributed by atoms with Crippen LogP contribution in [0.5, 0.6) is 0 Å². The molecule has 0 saturated carbocycles. The summed E-state index contributed by atoms with van der Waals surface area (Å²) in [6.45, 7) is 3.80. The number of para-hydroxylation sites is 1. The zero-order valence-electron chi connectivity index (χ0n) is 10.9. The average Bonchev–Trinajstić information content (AvgIpc) is 2.31. The maximum Gasteiger partial charge on any atom is 0.245 e. The molecule has 1 unspecified atom stereocenters. The van der Waals surface area contributed by atoms with Gasteiger partial charge in [-0.1, -0.05) is 19.4 Å². The number of nitrogens with zero attached hydrogens (tertiary/aromatic N) is 1. The molecule has 0 aliphatic carbocycles. The Labute approximate surface area is 108 Å². The van der Waals surface area contributed by atoms with Crippen molar-refractivity contribution in [3.05, 3.63) is 24.0 Å². The molecule has 4 nitrogen and oxygen atoms in total. The lowest BCUT2D eigenvalue weighted by molar-refractivity contribution is 0.369. The molecule has 0 aliphatic heterocycles. The predicted molar refractivity (Wildman–Crippen MR) is 70.1 cm³/mol. The third kappa shape index (κ3) is 2.81. The quantitative estimate of drug-likeness (QED) is 0.837. The molecule has 102 valence electrons. The summed E-state index contributed by atoms with van der Waals surface area (Å²) >= 11 is 0. The zero-order valence-corrected chi connectivity index (χ0v) is 11.7. The summed E-state index contributed by atoms with van der Waals surface area (Å²) in [4.78, 5) is -0.173. The molecule has 1 atom stereocenters. The highest BCUT2D eigenvalue weighted by Crippen LogP contribution is 2.25. The first-order valence-corrected chi connectivity index (χ1v) is 7.28. The van der Waals surface area contributed by atoms with Crippen LogP contribution in [-0.4, -0.2) is 25.8 Å². The summed E-state index contributed by atoms with van der Waals surface area (Å²) in [6.07, 6.45) is 1.62. The third-order valence-corrected chi connectivity index (χ3v) is 5.03. The molecule has 0 fully saturated rings. The second kappa shape index (κ2) is 5.67. The highest BCUT2D eigenvalue weighted by atomic mass is 32.2. The predicted octanol–water partition coefficient (Wildman–Crippen LogP) is 2.22. The number of nitrogens with two attached hydrogens (primary N) is 1. The molecule has 0 aromatic heterocycles. The van der Waals surface area contributed by atoms with Gasteiger partial charge in [-0.3, -0.25) is 0 Å². The molecule has 2 N–H and O–H groups in total. The fourth-order valence-electron chi connectivity index (χ4n) is 1.73. The SMILES string of the molecule is CCCC(C)N(C)S(=O)(=O)c1cccc(F)c1N. The van der Waals surface area contributed by atoms with Crippen molar-refractivity contribution in [2.75, 3.05) is 12.8 Å². The lowest BCUT2D eigenvalue weighted by Crippen LogP contribution is -2.35. The smallest absolute Gasteiger partial charge is 0.245 e. The second-order valence-corrected chi connectivity index (χ2v) is 6.28. The first-order valence-electron chi connectivity index (χ1n) is 5.84. The Bertz CT molecular complexity index is 517. The van der Waals surface area contributed by atoms with Crippen molar-refractivity contribution in [1.82, 2.24) is 4.31 Å². The fourth-order valence-corrected chi connectivity index (χ4v) is 3.25. The molecule has 6 heteroatoms. The minimum Gasteiger partial charge on any atom is -0.395 e. The fraction of sp³-hybridized carbons (Fsp3) is 0.500. The van der Waals surface area contributed by atoms with Gasteiger partial charge in [0.1, 0.15) is 10.7 Å². The van der Waals surface area contributed by atoms with E-state index in [1.807, 2.05) is 13.8 Å². The van der Waals surface area contributed by atoms with Crippen LogP contribution >= 0.6 is 0 Å². The van der Waals surface area contributed by atoms with Gasteiger partial charge in [0.25, 0.3) is 0 Å². The summed E-state index contributed by atoms with van der Waals surface area (Å²) in [6, 6.07) is 3.66. The van der Waals surface area contributed by atoms with E-state index in [2.05, 4.69) is 0 Å². The Morgan fingerprint density at radius 1 is 1.44 bits per heavy atom. The van der Waals surface area contributed by atoms with E-state index >= 15 is 0 Å². The molecular weight excluding hydrogens is 255 g/mol. The highest BCUT2D eigenvalue weighted by Gasteiger charge is 2.27. The summed E-state index contributed by atoms with van der Waals surface area (Å²) in [5, 5.41) is 0. The van der Waals surface area contributed by atoms with Crippen LogP contribution in [0, 0.1) is 5.82 Å². The Kier molecular flexibility index (Phi) is 4.70. The number of rotatable bonds is 5. The first-order chi connectivity index (χ1) is 8.32. The molecule has 0 radical (unpaired) electrons. The van der Waals surface area contributed by atoms with Crippen LogP contribution in [0.15, 0.2) is 23.1 Å². The van der Waals surface area contributed by atoms with Crippen LogP contribution in [0.3, 0.4) is 0 Å². The lowest BCUT2D eigenvalue weighted by Gasteiger charge is -2.24. The van der Waals surface area contributed by atoms with Gasteiger partial charge < -0.3 is 5.73 Å². The van der Waals surface area contributed by atoms with Crippen molar-refractivity contribution in [2.24, 2.45) is 0 Å². The van der Waals surface area contributed by atoms with Gasteiger partial charge in [0.05, 0.1) is 5.69 Å². The van der Waals surface area contributed by atoms with Gasteiger partial charge >= 0.3 is 0 Å². The summed E-state index contributed by atoms with van der Waals surface area (Å²) in [5.74, 6) is -0.715. The van der Waals surface area contributed by atoms with E-state index in [0.29, 0.717) is 0 Å². The van der Waals surface area contributed by atoms with E-state index in [9.17, 15) is 12.8 Å². The van der Waals surface area contributed by atoms with E-state index in [1.54, 1.807) is 0 Å². The van der Waals surface area contributed by atoms with E-state index in [1.165, 1.54) is 23.5 Å². The minimum absolute atomic E-state index is 0.150. The van der Waals surface area contributed by atoms with E-state index in [4.69, 9.17) is 5.73 Å². The number of nitrogen functional groups attached to an aromatic ring is 1. The van der Waals surface area contributed by atoms with E-state index in [-0.39, 0.29) is 16.6 Å². The van der Waals surface area contributed by atoms with Gasteiger partial charge in [0.2, 0.25) is 10.0 Å². The largest absolute Gasteiger partial charge is 0.395 e. The number of sulfonamides is 1. The van der Waals surface area contributed by atoms with Crippen LogP contribution < -0.4 is 5.73 Å². The second-order valence-electron chi connectivity index (χ2n) is 4.31. The summed E-state index contributed by atoms with van der Waals surface area (Å²) in [5.41, 5.74) is 5.17. The molecule has 0 bridgehead atoms. The molecule has 0 aliphatic rings. The monoisotopic (exact) mass is 274 g/mol. The average molecular weight is 274 g/mol. The van der Waals surface area contributed by atoms with Crippen molar-refractivity contribution in [2.45, 2.75) is 37.6 Å². The van der Waals surface area contributed by atoms with Gasteiger partial charge in [0.15, 0.2) is 0 Å². The van der Waals surface area contributed by atoms with Crippen molar-refractivity contribution in [1.29, 1.82) is 0 Å². The number of hydrogen-bond donors (Lipinski definition) is 1. The van der Waals surface area contributed by atoms with Crippen LogP contribution in [-0.2, 0) is 10.0 Å². The maximum atomic E-state index is 13.3. The van der Waals surface area contributed by atoms with Crippen molar-refractivity contribution in [3.63, 3.8) is 0 Å². The topological polar surface area (TPSA) is 63.4 Å². The molecule has 1 rings (SSSR count). The first kappa shape index (κ1) is 14.9. The molecule has 0 amide bonds. The standard InChI is InChI=1S/C12H19FN2O2S/c1-4-6-9(2)15(3)18(16,17)11-8-5-7-10(13)12(11)14/h5,7-9H,4,6,14H2,1-3H3. The molecule has 18 heavy (non-hydrogen) atoms. The van der Waals surface area contributed by atoms with Gasteiger partial charge in [0, 0.05) is 13.1 Å². The molecular formula is C12H19FN2O2S. The molecule has 0 saturated heterocycles. The van der Waals surface area contributed by atoms with Gasteiger partial charge in [-0.2, -0.15) is 4.31 Å². The normalized spacial score (nSPS) is 13.8. The maximum absolute atomic E-state index is 13.3. The van der Waals surface area contributed by atoms with Crippen LogP contribution in [0.1, 0.15) is 26.7 Å². The van der Waals surface area contributed by atoms with Crippen molar-refractivity contribution in [3.8, 4) is 0 Å². The van der Waals surface area contributed by atoms with E-state index < -0.39 is 15.8 Å². The number of hydrogen-bond acceptors (Lipinski definition) is 3. The molecule has 1 aromatic rings. The summed E-state index contributed by atoms with van der Waals surface area (Å²) < 4.78 is 39.2. The zero-order chi connectivity index (χ0) is 13.9. The van der Waals surface area contributed by atoms with Gasteiger partial charge in [-0.15, -0.1) is 0 Å². The van der Waals surface area contributed by atoms with Crippen molar-refractivity contribution >= 4 is 15.7 Å². The molecule has 1 aromatic carbocycles. The van der Waals surface area contributed by atoms with Crippen LogP contribution in [0.4, 0.5) is 10.1 Å². The number of halogens is 1. The molecule has 0 heterocycles. The lowest BCUT2D eigenvalue weighted by atomic mass is 10.2. The number of benzene rings is 1. The Morgan fingerprint density at radius 3 is 2.61 bits per heavy atom. The van der Waals surface area contributed by atoms with Crippen molar-refractivity contribution < 1.29 is 12.8 Å². The third-order valence-electron chi connectivity index (χ3n) is 3.00. The molecule has 0 spiro atoms. The van der Waals surface area contributed by atoms with E-state index in [0.717, 1.165) is 18.9 Å².